The maximum atomic E-state index is 12.4. The van der Waals surface area contributed by atoms with Crippen molar-refractivity contribution in [3.05, 3.63) is 83.6 Å². The lowest BCUT2D eigenvalue weighted by Crippen LogP contribution is -2.23. The molecule has 2 aromatic carbocycles. The Morgan fingerprint density at radius 1 is 1.00 bits per heavy atom. The maximum absolute atomic E-state index is 12.4. The molecule has 1 heterocycles. The number of aryl methyl sites for hydroxylation is 1. The summed E-state index contributed by atoms with van der Waals surface area (Å²) < 4.78 is 0. The standard InChI is InChI=1S/C24H28N4O/c1-4-28(5-2)22-12-10-21(11-13-22)27-23-14-9-20(17-25-23)24(29)26-16-19-8-6-7-18(3)15-19/h6-15,17H,4-5,16H2,1-3H3,(H,25,27)(H,26,29). The van der Waals surface area contributed by atoms with Crippen LogP contribution in [0.5, 0.6) is 0 Å². The lowest BCUT2D eigenvalue weighted by molar-refractivity contribution is 0.0950. The summed E-state index contributed by atoms with van der Waals surface area (Å²) in [5, 5.41) is 6.21. The van der Waals surface area contributed by atoms with Gasteiger partial charge in [-0.15, -0.1) is 0 Å². The number of rotatable bonds is 8. The minimum absolute atomic E-state index is 0.130. The molecule has 0 saturated heterocycles. The van der Waals surface area contributed by atoms with Gasteiger partial charge >= 0.3 is 0 Å². The molecule has 2 N–H and O–H groups in total. The molecule has 29 heavy (non-hydrogen) atoms. The van der Waals surface area contributed by atoms with Crippen LogP contribution in [-0.2, 0) is 6.54 Å². The van der Waals surface area contributed by atoms with E-state index in [4.69, 9.17) is 0 Å². The number of nitrogens with one attached hydrogen (secondary N) is 2. The number of anilines is 3. The van der Waals surface area contributed by atoms with Crippen molar-refractivity contribution in [3.8, 4) is 0 Å². The van der Waals surface area contributed by atoms with E-state index in [1.54, 1.807) is 12.3 Å². The molecule has 0 radical (unpaired) electrons. The molecule has 1 amide bonds. The van der Waals surface area contributed by atoms with E-state index in [1.165, 1.54) is 11.3 Å². The second kappa shape index (κ2) is 9.73. The molecule has 5 nitrogen and oxygen atoms in total. The summed E-state index contributed by atoms with van der Waals surface area (Å²) in [5.74, 6) is 0.574. The van der Waals surface area contributed by atoms with E-state index in [1.807, 2.05) is 43.3 Å². The number of hydrogen-bond acceptors (Lipinski definition) is 4. The van der Waals surface area contributed by atoms with Gasteiger partial charge < -0.3 is 15.5 Å². The molecule has 150 valence electrons. The minimum Gasteiger partial charge on any atom is -0.372 e. The topological polar surface area (TPSA) is 57.3 Å². The molecule has 0 bridgehead atoms. The van der Waals surface area contributed by atoms with Gasteiger partial charge in [-0.1, -0.05) is 29.8 Å². The third-order valence-electron chi connectivity index (χ3n) is 4.83. The Morgan fingerprint density at radius 3 is 2.38 bits per heavy atom. The molecule has 0 aliphatic carbocycles. The zero-order chi connectivity index (χ0) is 20.6. The van der Waals surface area contributed by atoms with E-state index < -0.39 is 0 Å². The Kier molecular flexibility index (Phi) is 6.85. The lowest BCUT2D eigenvalue weighted by Gasteiger charge is -2.21. The van der Waals surface area contributed by atoms with Crippen LogP contribution >= 0.6 is 0 Å². The Morgan fingerprint density at radius 2 is 1.76 bits per heavy atom. The predicted octanol–water partition coefficient (Wildman–Crippen LogP) is 4.91. The van der Waals surface area contributed by atoms with Gasteiger partial charge in [0.25, 0.3) is 5.91 Å². The number of carbonyl (C=O) groups is 1. The third-order valence-corrected chi connectivity index (χ3v) is 4.83. The van der Waals surface area contributed by atoms with Gasteiger partial charge in [0.1, 0.15) is 5.82 Å². The van der Waals surface area contributed by atoms with Crippen LogP contribution in [-0.4, -0.2) is 24.0 Å². The van der Waals surface area contributed by atoms with Crippen LogP contribution < -0.4 is 15.5 Å². The highest BCUT2D eigenvalue weighted by atomic mass is 16.1. The van der Waals surface area contributed by atoms with Crippen molar-refractivity contribution in [2.45, 2.75) is 27.3 Å². The number of aromatic nitrogens is 1. The fourth-order valence-electron chi connectivity index (χ4n) is 3.20. The first-order valence-corrected chi connectivity index (χ1v) is 10.0. The summed E-state index contributed by atoms with van der Waals surface area (Å²) in [6.07, 6.45) is 1.60. The molecular formula is C24H28N4O. The van der Waals surface area contributed by atoms with E-state index in [0.29, 0.717) is 17.9 Å². The van der Waals surface area contributed by atoms with Crippen LogP contribution in [0.3, 0.4) is 0 Å². The van der Waals surface area contributed by atoms with E-state index in [2.05, 4.69) is 52.6 Å². The number of pyridine rings is 1. The van der Waals surface area contributed by atoms with Gasteiger partial charge in [0, 0.05) is 37.2 Å². The minimum atomic E-state index is -0.130. The third kappa shape index (κ3) is 5.57. The number of nitrogens with zero attached hydrogens (tertiary/aromatic N) is 2. The Hall–Kier alpha value is -3.34. The second-order valence-corrected chi connectivity index (χ2v) is 6.95. The van der Waals surface area contributed by atoms with Gasteiger partial charge in [-0.05, 0) is 62.7 Å². The van der Waals surface area contributed by atoms with Gasteiger partial charge in [0.15, 0.2) is 0 Å². The van der Waals surface area contributed by atoms with Crippen molar-refractivity contribution >= 4 is 23.1 Å². The van der Waals surface area contributed by atoms with E-state index in [-0.39, 0.29) is 5.91 Å². The van der Waals surface area contributed by atoms with Crippen molar-refractivity contribution in [3.63, 3.8) is 0 Å². The average Bonchev–Trinajstić information content (AvgIpc) is 2.75. The highest BCUT2D eigenvalue weighted by molar-refractivity contribution is 5.94. The van der Waals surface area contributed by atoms with Crippen LogP contribution in [0, 0.1) is 6.92 Å². The van der Waals surface area contributed by atoms with E-state index >= 15 is 0 Å². The van der Waals surface area contributed by atoms with Crippen molar-refractivity contribution in [2.24, 2.45) is 0 Å². The number of amides is 1. The summed E-state index contributed by atoms with van der Waals surface area (Å²) in [6.45, 7) is 8.81. The molecule has 0 saturated carbocycles. The SMILES string of the molecule is CCN(CC)c1ccc(Nc2ccc(C(=O)NCc3cccc(C)c3)cn2)cc1. The van der Waals surface area contributed by atoms with Gasteiger partial charge in [-0.25, -0.2) is 4.98 Å². The first kappa shape index (κ1) is 20.4. The largest absolute Gasteiger partial charge is 0.372 e. The molecule has 3 aromatic rings. The number of benzene rings is 2. The van der Waals surface area contributed by atoms with Gasteiger partial charge in [-0.2, -0.15) is 0 Å². The molecule has 0 aliphatic heterocycles. The average molecular weight is 389 g/mol. The van der Waals surface area contributed by atoms with Crippen molar-refractivity contribution in [1.82, 2.24) is 10.3 Å². The molecule has 3 rings (SSSR count). The van der Waals surface area contributed by atoms with Crippen LogP contribution in [0.15, 0.2) is 66.9 Å². The van der Waals surface area contributed by atoms with Crippen LogP contribution in [0.4, 0.5) is 17.2 Å². The zero-order valence-electron chi connectivity index (χ0n) is 17.3. The zero-order valence-corrected chi connectivity index (χ0v) is 17.3. The molecule has 0 spiro atoms. The monoisotopic (exact) mass is 388 g/mol. The molecule has 0 unspecified atom stereocenters. The first-order chi connectivity index (χ1) is 14.1. The lowest BCUT2D eigenvalue weighted by atomic mass is 10.1. The van der Waals surface area contributed by atoms with Crippen LogP contribution in [0.25, 0.3) is 0 Å². The Labute approximate surface area is 172 Å². The second-order valence-electron chi connectivity index (χ2n) is 6.95. The smallest absolute Gasteiger partial charge is 0.253 e. The van der Waals surface area contributed by atoms with Gasteiger partial charge in [0.2, 0.25) is 0 Å². The summed E-state index contributed by atoms with van der Waals surface area (Å²) >= 11 is 0. The summed E-state index contributed by atoms with van der Waals surface area (Å²) in [4.78, 5) is 19.0. The summed E-state index contributed by atoms with van der Waals surface area (Å²) in [7, 11) is 0. The van der Waals surface area contributed by atoms with E-state index in [9.17, 15) is 4.79 Å². The summed E-state index contributed by atoms with van der Waals surface area (Å²) in [5.41, 5.74) is 4.97. The fraction of sp³-hybridized carbons (Fsp3) is 0.250. The Bertz CT molecular complexity index is 932. The maximum Gasteiger partial charge on any atom is 0.253 e. The van der Waals surface area contributed by atoms with Crippen LogP contribution in [0.2, 0.25) is 0 Å². The number of hydrogen-bond donors (Lipinski definition) is 2. The van der Waals surface area contributed by atoms with Crippen molar-refractivity contribution in [1.29, 1.82) is 0 Å². The Balaban J connectivity index is 1.57. The normalized spacial score (nSPS) is 10.4. The quantitative estimate of drug-likeness (QED) is 0.576. The molecule has 1 aromatic heterocycles. The molecular weight excluding hydrogens is 360 g/mol. The van der Waals surface area contributed by atoms with E-state index in [0.717, 1.165) is 24.3 Å². The summed E-state index contributed by atoms with van der Waals surface area (Å²) in [6, 6.07) is 20.0. The molecule has 0 atom stereocenters. The van der Waals surface area contributed by atoms with Gasteiger partial charge in [-0.3, -0.25) is 4.79 Å². The fourth-order valence-corrected chi connectivity index (χ4v) is 3.20. The highest BCUT2D eigenvalue weighted by Crippen LogP contribution is 2.20. The van der Waals surface area contributed by atoms with Gasteiger partial charge in [0.05, 0.1) is 5.56 Å². The highest BCUT2D eigenvalue weighted by Gasteiger charge is 2.07. The molecule has 0 aliphatic rings. The first-order valence-electron chi connectivity index (χ1n) is 10.0. The number of carbonyl (C=O) groups excluding carboxylic acids is 1. The van der Waals surface area contributed by atoms with Crippen LogP contribution in [0.1, 0.15) is 35.3 Å². The van der Waals surface area contributed by atoms with Crippen molar-refractivity contribution < 1.29 is 4.79 Å². The van der Waals surface area contributed by atoms with Crippen molar-refractivity contribution in [2.75, 3.05) is 23.3 Å². The predicted molar refractivity (Wildman–Crippen MR) is 120 cm³/mol. The molecule has 0 fully saturated rings. The molecule has 5 heteroatoms.